The van der Waals surface area contributed by atoms with E-state index >= 15 is 0 Å². The van der Waals surface area contributed by atoms with Crippen LogP contribution < -0.4 is 10.6 Å². The van der Waals surface area contributed by atoms with Gasteiger partial charge in [-0.25, -0.2) is 4.98 Å². The monoisotopic (exact) mass is 337 g/mol. The second-order valence-electron chi connectivity index (χ2n) is 5.81. The molecule has 3 N–H and O–H groups in total. The lowest BCUT2D eigenvalue weighted by molar-refractivity contribution is -0.384. The van der Waals surface area contributed by atoms with Crippen molar-refractivity contribution in [1.82, 2.24) is 20.2 Å². The second kappa shape index (κ2) is 6.19. The molecule has 1 saturated carbocycles. The van der Waals surface area contributed by atoms with E-state index in [1.54, 1.807) is 24.4 Å². The minimum Gasteiger partial charge on any atom is -0.324 e. The average Bonchev–Trinajstić information content (AvgIpc) is 3.35. The Balaban J connectivity index is 1.48. The van der Waals surface area contributed by atoms with Crippen molar-refractivity contribution in [2.75, 3.05) is 10.6 Å². The molecule has 0 unspecified atom stereocenters. The second-order valence-corrected chi connectivity index (χ2v) is 5.81. The Morgan fingerprint density at radius 3 is 2.84 bits per heavy atom. The fourth-order valence-electron chi connectivity index (χ4n) is 2.45. The molecule has 3 aromatic rings. The number of hydrogen-bond donors (Lipinski definition) is 3. The summed E-state index contributed by atoms with van der Waals surface area (Å²) in [7, 11) is 0. The van der Waals surface area contributed by atoms with Gasteiger partial charge in [-0.3, -0.25) is 15.2 Å². The van der Waals surface area contributed by atoms with Crippen LogP contribution in [0.5, 0.6) is 0 Å². The molecule has 0 atom stereocenters. The van der Waals surface area contributed by atoms with Gasteiger partial charge in [0, 0.05) is 41.7 Å². The van der Waals surface area contributed by atoms with Gasteiger partial charge in [0.25, 0.3) is 5.69 Å². The molecule has 0 spiro atoms. The highest BCUT2D eigenvalue weighted by molar-refractivity contribution is 5.60. The zero-order valence-electron chi connectivity index (χ0n) is 13.1. The topological polar surface area (TPSA) is 122 Å². The molecule has 2 heterocycles. The third kappa shape index (κ3) is 3.55. The van der Waals surface area contributed by atoms with E-state index in [-0.39, 0.29) is 5.69 Å². The van der Waals surface area contributed by atoms with Crippen molar-refractivity contribution in [3.05, 3.63) is 58.4 Å². The van der Waals surface area contributed by atoms with Crippen molar-refractivity contribution in [3.63, 3.8) is 0 Å². The average molecular weight is 337 g/mol. The van der Waals surface area contributed by atoms with E-state index in [0.29, 0.717) is 29.2 Å². The fourth-order valence-corrected chi connectivity index (χ4v) is 2.45. The first-order chi connectivity index (χ1) is 12.2. The molecule has 0 bridgehead atoms. The molecular formula is C16H15N7O2. The molecule has 0 saturated heterocycles. The molecular weight excluding hydrogens is 322 g/mol. The summed E-state index contributed by atoms with van der Waals surface area (Å²) in [5, 5.41) is 24.2. The van der Waals surface area contributed by atoms with Gasteiger partial charge in [-0.1, -0.05) is 6.07 Å². The molecule has 0 radical (unpaired) electrons. The minimum absolute atomic E-state index is 0.00316. The van der Waals surface area contributed by atoms with Gasteiger partial charge in [0.1, 0.15) is 5.82 Å². The van der Waals surface area contributed by atoms with Crippen LogP contribution >= 0.6 is 0 Å². The van der Waals surface area contributed by atoms with E-state index in [0.717, 1.165) is 5.69 Å². The lowest BCUT2D eigenvalue weighted by Gasteiger charge is -2.06. The van der Waals surface area contributed by atoms with Crippen molar-refractivity contribution in [2.45, 2.75) is 18.8 Å². The lowest BCUT2D eigenvalue weighted by atomic mass is 10.3. The Hall–Kier alpha value is -3.49. The van der Waals surface area contributed by atoms with Crippen molar-refractivity contribution >= 4 is 29.0 Å². The van der Waals surface area contributed by atoms with Gasteiger partial charge in [0.2, 0.25) is 5.95 Å². The van der Waals surface area contributed by atoms with Gasteiger partial charge in [-0.2, -0.15) is 10.1 Å². The van der Waals surface area contributed by atoms with E-state index < -0.39 is 4.92 Å². The molecule has 1 aliphatic carbocycles. The summed E-state index contributed by atoms with van der Waals surface area (Å²) in [4.78, 5) is 18.9. The molecule has 9 nitrogen and oxygen atoms in total. The quantitative estimate of drug-likeness (QED) is 0.465. The SMILES string of the molecule is O=[N+]([O-])c1cccc(Nc2nccc(Nc3cc(C4CC4)[nH]n3)n2)c1. The van der Waals surface area contributed by atoms with Gasteiger partial charge in [-0.15, -0.1) is 0 Å². The Bertz CT molecular complexity index is 920. The molecule has 1 aromatic carbocycles. The fraction of sp³-hybridized carbons (Fsp3) is 0.188. The number of H-pyrrole nitrogens is 1. The molecule has 4 rings (SSSR count). The number of hydrogen-bond acceptors (Lipinski definition) is 7. The van der Waals surface area contributed by atoms with E-state index in [1.165, 1.54) is 25.0 Å². The summed E-state index contributed by atoms with van der Waals surface area (Å²) < 4.78 is 0. The van der Waals surface area contributed by atoms with Gasteiger partial charge in [0.15, 0.2) is 5.82 Å². The Kier molecular flexibility index (Phi) is 3.73. The van der Waals surface area contributed by atoms with Crippen LogP contribution in [0.3, 0.4) is 0 Å². The molecule has 0 amide bonds. The van der Waals surface area contributed by atoms with E-state index in [9.17, 15) is 10.1 Å². The largest absolute Gasteiger partial charge is 0.324 e. The van der Waals surface area contributed by atoms with E-state index in [4.69, 9.17) is 0 Å². The highest BCUT2D eigenvalue weighted by Crippen LogP contribution is 2.39. The number of anilines is 4. The summed E-state index contributed by atoms with van der Waals surface area (Å²) in [6.07, 6.45) is 4.00. The van der Waals surface area contributed by atoms with Crippen LogP contribution in [0.15, 0.2) is 42.6 Å². The maximum Gasteiger partial charge on any atom is 0.271 e. The first-order valence-corrected chi connectivity index (χ1v) is 7.84. The number of nitrogens with one attached hydrogen (secondary N) is 3. The maximum atomic E-state index is 10.8. The summed E-state index contributed by atoms with van der Waals surface area (Å²) in [6.45, 7) is 0. The number of aromatic amines is 1. The predicted octanol–water partition coefficient (Wildman–Crippen LogP) is 3.47. The highest BCUT2D eigenvalue weighted by Gasteiger charge is 2.25. The number of non-ortho nitro benzene ring substituents is 1. The minimum atomic E-state index is -0.445. The predicted molar refractivity (Wildman–Crippen MR) is 92.3 cm³/mol. The van der Waals surface area contributed by atoms with Crippen molar-refractivity contribution < 1.29 is 4.92 Å². The standard InChI is InChI=1S/C16H15N7O2/c24-23(25)12-3-1-2-11(8-12)18-16-17-7-6-14(20-16)19-15-9-13(21-22-15)10-4-5-10/h1-3,6-10H,4-5H2,(H3,17,18,19,20,21,22). The summed E-state index contributed by atoms with van der Waals surface area (Å²) in [5.41, 5.74) is 1.68. The third-order valence-electron chi connectivity index (χ3n) is 3.84. The molecule has 1 fully saturated rings. The molecule has 126 valence electrons. The van der Waals surface area contributed by atoms with Crippen molar-refractivity contribution in [1.29, 1.82) is 0 Å². The van der Waals surface area contributed by atoms with Crippen LogP contribution in [0.2, 0.25) is 0 Å². The van der Waals surface area contributed by atoms with Crippen LogP contribution in [0.25, 0.3) is 0 Å². The molecule has 0 aliphatic heterocycles. The van der Waals surface area contributed by atoms with Crippen LogP contribution in [0, 0.1) is 10.1 Å². The molecule has 1 aliphatic rings. The number of rotatable bonds is 6. The number of benzene rings is 1. The molecule has 9 heteroatoms. The highest BCUT2D eigenvalue weighted by atomic mass is 16.6. The zero-order chi connectivity index (χ0) is 17.2. The van der Waals surface area contributed by atoms with Crippen molar-refractivity contribution in [2.24, 2.45) is 0 Å². The maximum absolute atomic E-state index is 10.8. The Morgan fingerprint density at radius 2 is 2.04 bits per heavy atom. The van der Waals surface area contributed by atoms with Crippen LogP contribution in [0.1, 0.15) is 24.5 Å². The van der Waals surface area contributed by atoms with E-state index in [1.807, 2.05) is 6.07 Å². The molecule has 25 heavy (non-hydrogen) atoms. The van der Waals surface area contributed by atoms with Gasteiger partial charge >= 0.3 is 0 Å². The Morgan fingerprint density at radius 1 is 1.16 bits per heavy atom. The number of nitro benzene ring substituents is 1. The van der Waals surface area contributed by atoms with Crippen molar-refractivity contribution in [3.8, 4) is 0 Å². The third-order valence-corrected chi connectivity index (χ3v) is 3.84. The smallest absolute Gasteiger partial charge is 0.271 e. The van der Waals surface area contributed by atoms with Crippen LogP contribution in [-0.4, -0.2) is 25.1 Å². The number of aromatic nitrogens is 4. The lowest BCUT2D eigenvalue weighted by Crippen LogP contribution is -2.01. The summed E-state index contributed by atoms with van der Waals surface area (Å²) >= 11 is 0. The van der Waals surface area contributed by atoms with Gasteiger partial charge in [0.05, 0.1) is 4.92 Å². The van der Waals surface area contributed by atoms with Crippen LogP contribution in [0.4, 0.5) is 29.0 Å². The summed E-state index contributed by atoms with van der Waals surface area (Å²) in [5.74, 6) is 2.21. The first-order valence-electron chi connectivity index (χ1n) is 7.84. The Labute approximate surface area is 142 Å². The number of nitrogens with zero attached hydrogens (tertiary/aromatic N) is 4. The number of nitro groups is 1. The first kappa shape index (κ1) is 15.1. The summed E-state index contributed by atoms with van der Waals surface area (Å²) in [6, 6.07) is 9.88. The normalized spacial score (nSPS) is 13.4. The molecule has 2 aromatic heterocycles. The van der Waals surface area contributed by atoms with Gasteiger partial charge in [-0.05, 0) is 25.0 Å². The zero-order valence-corrected chi connectivity index (χ0v) is 13.1. The van der Waals surface area contributed by atoms with E-state index in [2.05, 4.69) is 30.8 Å². The van der Waals surface area contributed by atoms with Crippen LogP contribution in [-0.2, 0) is 0 Å². The van der Waals surface area contributed by atoms with Gasteiger partial charge < -0.3 is 10.6 Å².